The van der Waals surface area contributed by atoms with E-state index in [-0.39, 0.29) is 11.5 Å². The number of carbonyl (C=O) groups is 1. The summed E-state index contributed by atoms with van der Waals surface area (Å²) in [5, 5.41) is 0.374. The summed E-state index contributed by atoms with van der Waals surface area (Å²) in [5.41, 5.74) is 2.29. The third kappa shape index (κ3) is 4.10. The van der Waals surface area contributed by atoms with Gasteiger partial charge in [-0.15, -0.1) is 0 Å². The lowest BCUT2D eigenvalue weighted by molar-refractivity contribution is 0.0352. The fourth-order valence-electron chi connectivity index (χ4n) is 3.78. The third-order valence-corrected chi connectivity index (χ3v) is 6.25. The van der Waals surface area contributed by atoms with Crippen LogP contribution in [-0.2, 0) is 4.74 Å². The molecule has 3 aromatic rings. The molecule has 1 saturated heterocycles. The van der Waals surface area contributed by atoms with Crippen LogP contribution in [0.1, 0.15) is 28.8 Å². The number of methoxy groups -OCH3 is 1. The molecule has 2 aliphatic rings. The Bertz CT molecular complexity index is 1150. The highest BCUT2D eigenvalue weighted by Gasteiger charge is 2.44. The highest BCUT2D eigenvalue weighted by Crippen LogP contribution is 2.39. The largest absolute Gasteiger partial charge is 0.474 e. The van der Waals surface area contributed by atoms with Crippen molar-refractivity contribution in [2.75, 3.05) is 44.8 Å². The molecule has 10 heteroatoms. The minimum Gasteiger partial charge on any atom is -0.474 e. The number of hydrogen-bond acceptors (Lipinski definition) is 8. The van der Waals surface area contributed by atoms with Crippen LogP contribution >= 0.6 is 11.6 Å². The Hall–Kier alpha value is -2.91. The van der Waals surface area contributed by atoms with Crippen LogP contribution in [0.2, 0.25) is 5.15 Å². The number of hydrogen-bond donors (Lipinski definition) is 0. The molecule has 32 heavy (non-hydrogen) atoms. The maximum Gasteiger partial charge on any atom is 0.300 e. The van der Waals surface area contributed by atoms with Crippen molar-refractivity contribution in [2.45, 2.75) is 25.4 Å². The van der Waals surface area contributed by atoms with E-state index in [1.54, 1.807) is 25.4 Å². The monoisotopic (exact) mass is 457 g/mol. The van der Waals surface area contributed by atoms with Gasteiger partial charge in [-0.2, -0.15) is 4.98 Å². The summed E-state index contributed by atoms with van der Waals surface area (Å²) in [5.74, 6) is 0.493. The standard InChI is InChI=1S/C22H24ClN5O4/c1-14-11-15(12-24-19(14)31-13-22(30-2)5-6-22)20(29)27-7-9-28(10-8-27)21-26-18-16(32-21)3-4-17(23)25-18/h3-4,11-12H,5-10,13H2,1-2H3. The summed E-state index contributed by atoms with van der Waals surface area (Å²) in [6.07, 6.45) is 3.58. The number of rotatable bonds is 6. The zero-order valence-corrected chi connectivity index (χ0v) is 18.8. The van der Waals surface area contributed by atoms with E-state index in [1.807, 2.05) is 22.8 Å². The number of anilines is 1. The van der Waals surface area contributed by atoms with Crippen LogP contribution < -0.4 is 9.64 Å². The van der Waals surface area contributed by atoms with Crippen LogP contribution in [0, 0.1) is 6.92 Å². The van der Waals surface area contributed by atoms with E-state index in [0.29, 0.717) is 66.6 Å². The van der Waals surface area contributed by atoms with Crippen LogP contribution in [0.15, 0.2) is 28.8 Å². The smallest absolute Gasteiger partial charge is 0.300 e. The second-order valence-corrected chi connectivity index (χ2v) is 8.64. The van der Waals surface area contributed by atoms with Gasteiger partial charge in [-0.05, 0) is 38.0 Å². The van der Waals surface area contributed by atoms with Crippen molar-refractivity contribution in [1.29, 1.82) is 0 Å². The van der Waals surface area contributed by atoms with Crippen molar-refractivity contribution < 1.29 is 18.7 Å². The normalized spacial score (nSPS) is 17.6. The summed E-state index contributed by atoms with van der Waals surface area (Å²) in [6, 6.07) is 5.75. The molecule has 5 rings (SSSR count). The minimum atomic E-state index is -0.167. The average molecular weight is 458 g/mol. The molecular formula is C22H24ClN5O4. The van der Waals surface area contributed by atoms with Gasteiger partial charge in [-0.3, -0.25) is 4.79 Å². The molecule has 0 N–H and O–H groups in total. The summed E-state index contributed by atoms with van der Waals surface area (Å²) >= 11 is 5.92. The molecule has 4 heterocycles. The number of amides is 1. The highest BCUT2D eigenvalue weighted by atomic mass is 35.5. The first-order chi connectivity index (χ1) is 15.5. The van der Waals surface area contributed by atoms with Gasteiger partial charge in [0.2, 0.25) is 11.5 Å². The van der Waals surface area contributed by atoms with Crippen LogP contribution in [-0.4, -0.2) is 71.3 Å². The molecule has 9 nitrogen and oxygen atoms in total. The number of ether oxygens (including phenoxy) is 2. The second-order valence-electron chi connectivity index (χ2n) is 8.25. The molecule has 168 valence electrons. The third-order valence-electron chi connectivity index (χ3n) is 6.04. The van der Waals surface area contributed by atoms with Crippen molar-refractivity contribution in [2.24, 2.45) is 0 Å². The lowest BCUT2D eigenvalue weighted by atomic mass is 10.1. The number of oxazole rings is 1. The Morgan fingerprint density at radius 2 is 2.00 bits per heavy atom. The van der Waals surface area contributed by atoms with Crippen molar-refractivity contribution in [1.82, 2.24) is 19.9 Å². The van der Waals surface area contributed by atoms with E-state index >= 15 is 0 Å². The molecule has 3 aromatic heterocycles. The number of fused-ring (bicyclic) bond motifs is 1. The van der Waals surface area contributed by atoms with E-state index in [2.05, 4.69) is 15.0 Å². The quantitative estimate of drug-likeness (QED) is 0.521. The van der Waals surface area contributed by atoms with Gasteiger partial charge in [0.25, 0.3) is 11.9 Å². The van der Waals surface area contributed by atoms with Crippen molar-refractivity contribution in [3.8, 4) is 5.88 Å². The van der Waals surface area contributed by atoms with E-state index in [4.69, 9.17) is 25.5 Å². The van der Waals surface area contributed by atoms with E-state index in [0.717, 1.165) is 18.4 Å². The summed E-state index contributed by atoms with van der Waals surface area (Å²) in [6.45, 7) is 4.71. The number of piperazine rings is 1. The molecule has 0 aromatic carbocycles. The predicted molar refractivity (Wildman–Crippen MR) is 118 cm³/mol. The van der Waals surface area contributed by atoms with Crippen LogP contribution in [0.5, 0.6) is 5.88 Å². The van der Waals surface area contributed by atoms with Crippen molar-refractivity contribution in [3.05, 3.63) is 40.7 Å². The summed E-state index contributed by atoms with van der Waals surface area (Å²) in [4.78, 5) is 29.8. The zero-order valence-electron chi connectivity index (χ0n) is 18.0. The predicted octanol–water partition coefficient (Wildman–Crippen LogP) is 3.10. The lowest BCUT2D eigenvalue weighted by Gasteiger charge is -2.33. The van der Waals surface area contributed by atoms with Crippen molar-refractivity contribution >= 4 is 34.8 Å². The number of nitrogens with zero attached hydrogens (tertiary/aromatic N) is 5. The van der Waals surface area contributed by atoms with Crippen molar-refractivity contribution in [3.63, 3.8) is 0 Å². The topological polar surface area (TPSA) is 93.8 Å². The Morgan fingerprint density at radius 1 is 1.22 bits per heavy atom. The number of halogens is 1. The first-order valence-corrected chi connectivity index (χ1v) is 11.0. The van der Waals surface area contributed by atoms with Gasteiger partial charge < -0.3 is 23.7 Å². The molecule has 0 unspecified atom stereocenters. The zero-order chi connectivity index (χ0) is 22.3. The first-order valence-electron chi connectivity index (χ1n) is 10.6. The molecule has 0 radical (unpaired) electrons. The molecule has 0 spiro atoms. The molecule has 0 atom stereocenters. The van der Waals surface area contributed by atoms with Gasteiger partial charge >= 0.3 is 0 Å². The molecule has 1 amide bonds. The number of carbonyl (C=O) groups excluding carboxylic acids is 1. The van der Waals surface area contributed by atoms with Gasteiger partial charge in [0, 0.05) is 45.0 Å². The van der Waals surface area contributed by atoms with Crippen LogP contribution in [0.25, 0.3) is 11.2 Å². The van der Waals surface area contributed by atoms with Gasteiger partial charge in [0.1, 0.15) is 17.4 Å². The lowest BCUT2D eigenvalue weighted by Crippen LogP contribution is -2.49. The molecule has 2 fully saturated rings. The number of aromatic nitrogens is 3. The van der Waals surface area contributed by atoms with E-state index in [1.165, 1.54) is 0 Å². The minimum absolute atomic E-state index is 0.0478. The maximum atomic E-state index is 13.0. The van der Waals surface area contributed by atoms with E-state index < -0.39 is 0 Å². The van der Waals surface area contributed by atoms with Gasteiger partial charge in [-0.25, -0.2) is 9.97 Å². The SMILES string of the molecule is COC1(COc2ncc(C(=O)N3CCN(c4nc5nc(Cl)ccc5o4)CC3)cc2C)CC1. The van der Waals surface area contributed by atoms with Gasteiger partial charge in [0.05, 0.1) is 5.56 Å². The summed E-state index contributed by atoms with van der Waals surface area (Å²) in [7, 11) is 1.70. The van der Waals surface area contributed by atoms with Crippen LogP contribution in [0.3, 0.4) is 0 Å². The molecule has 1 aliphatic heterocycles. The molecule has 0 bridgehead atoms. The maximum absolute atomic E-state index is 13.0. The molecule has 1 saturated carbocycles. The van der Waals surface area contributed by atoms with E-state index in [9.17, 15) is 4.79 Å². The fraction of sp³-hybridized carbons (Fsp3) is 0.455. The second kappa shape index (κ2) is 8.22. The Morgan fingerprint density at radius 3 is 2.69 bits per heavy atom. The van der Waals surface area contributed by atoms with Gasteiger partial charge in [0.15, 0.2) is 5.58 Å². The molecule has 1 aliphatic carbocycles. The first kappa shape index (κ1) is 21.0. The Balaban J connectivity index is 1.20. The summed E-state index contributed by atoms with van der Waals surface area (Å²) < 4.78 is 17.1. The fourth-order valence-corrected chi connectivity index (χ4v) is 3.92. The number of aryl methyl sites for hydroxylation is 1. The molecular weight excluding hydrogens is 434 g/mol. The highest BCUT2D eigenvalue weighted by molar-refractivity contribution is 6.29. The Kier molecular flexibility index (Phi) is 5.38. The van der Waals surface area contributed by atoms with Gasteiger partial charge in [-0.1, -0.05) is 11.6 Å². The van der Waals surface area contributed by atoms with Crippen LogP contribution in [0.4, 0.5) is 6.01 Å². The Labute approximate surface area is 190 Å². The average Bonchev–Trinajstić information content (AvgIpc) is 3.47. The number of pyridine rings is 2.